The highest BCUT2D eigenvalue weighted by atomic mass is 16.5. The Morgan fingerprint density at radius 1 is 1.11 bits per heavy atom. The van der Waals surface area contributed by atoms with Crippen molar-refractivity contribution in [1.82, 2.24) is 4.90 Å². The third-order valence-electron chi connectivity index (χ3n) is 6.10. The molecule has 2 heterocycles. The molecule has 4 heteroatoms. The monoisotopic (exact) mass is 381 g/mol. The van der Waals surface area contributed by atoms with Gasteiger partial charge in [0, 0.05) is 13.2 Å². The van der Waals surface area contributed by atoms with Crippen LogP contribution in [0.4, 0.5) is 0 Å². The van der Waals surface area contributed by atoms with Crippen molar-refractivity contribution in [3.63, 3.8) is 0 Å². The Hall–Kier alpha value is -1.91. The van der Waals surface area contributed by atoms with Crippen molar-refractivity contribution < 1.29 is 14.3 Å². The molecule has 0 saturated carbocycles. The molecule has 0 bridgehead atoms. The molecule has 28 heavy (non-hydrogen) atoms. The predicted molar refractivity (Wildman–Crippen MR) is 111 cm³/mol. The summed E-state index contributed by atoms with van der Waals surface area (Å²) < 4.78 is 11.6. The summed E-state index contributed by atoms with van der Waals surface area (Å²) in [5.74, 6) is -0.213. The lowest BCUT2D eigenvalue weighted by atomic mass is 9.90. The second-order valence-corrected chi connectivity index (χ2v) is 8.13. The number of fused-ring (bicyclic) bond motifs is 1. The average molecular weight is 382 g/mol. The molecule has 0 spiro atoms. The lowest BCUT2D eigenvalue weighted by Gasteiger charge is -2.21. The van der Waals surface area contributed by atoms with Gasteiger partial charge in [-0.2, -0.15) is 0 Å². The largest absolute Gasteiger partial charge is 0.464 e. The van der Waals surface area contributed by atoms with Gasteiger partial charge in [-0.1, -0.05) is 42.5 Å². The van der Waals surface area contributed by atoms with E-state index in [-0.39, 0.29) is 18.0 Å². The number of carbonyl (C=O) groups is 1. The molecule has 2 fully saturated rings. The Labute approximate surface area is 167 Å². The SMILES string of the molecule is O=C(OCCN1CCCC1)C(Cc1cccc2ccccc12)CC1CCCO1. The highest BCUT2D eigenvalue weighted by molar-refractivity contribution is 5.86. The third kappa shape index (κ3) is 4.92. The molecule has 150 valence electrons. The van der Waals surface area contributed by atoms with Crippen molar-refractivity contribution in [2.75, 3.05) is 32.8 Å². The van der Waals surface area contributed by atoms with E-state index < -0.39 is 0 Å². The summed E-state index contributed by atoms with van der Waals surface area (Å²) in [5, 5.41) is 2.45. The van der Waals surface area contributed by atoms with E-state index in [1.165, 1.54) is 29.2 Å². The molecule has 0 N–H and O–H groups in total. The van der Waals surface area contributed by atoms with Crippen molar-refractivity contribution in [1.29, 1.82) is 0 Å². The van der Waals surface area contributed by atoms with Crippen molar-refractivity contribution in [2.45, 2.75) is 44.6 Å². The molecule has 2 aliphatic rings. The first-order valence-corrected chi connectivity index (χ1v) is 10.8. The molecule has 0 amide bonds. The fraction of sp³-hybridized carbons (Fsp3) is 0.542. The number of hydrogen-bond acceptors (Lipinski definition) is 4. The number of hydrogen-bond donors (Lipinski definition) is 0. The molecule has 4 nitrogen and oxygen atoms in total. The Balaban J connectivity index is 1.43. The first-order chi connectivity index (χ1) is 13.8. The molecule has 2 atom stereocenters. The molecular weight excluding hydrogens is 350 g/mol. The summed E-state index contributed by atoms with van der Waals surface area (Å²) >= 11 is 0. The van der Waals surface area contributed by atoms with Crippen LogP contribution in [0.1, 0.15) is 37.7 Å². The lowest BCUT2D eigenvalue weighted by Crippen LogP contribution is -2.29. The van der Waals surface area contributed by atoms with Crippen molar-refractivity contribution in [2.24, 2.45) is 5.92 Å². The van der Waals surface area contributed by atoms with Crippen molar-refractivity contribution in [3.8, 4) is 0 Å². The minimum Gasteiger partial charge on any atom is -0.464 e. The van der Waals surface area contributed by atoms with Crippen LogP contribution in [-0.4, -0.2) is 49.8 Å². The van der Waals surface area contributed by atoms with Gasteiger partial charge in [-0.25, -0.2) is 0 Å². The maximum absolute atomic E-state index is 12.9. The Morgan fingerprint density at radius 3 is 2.75 bits per heavy atom. The number of carbonyl (C=O) groups excluding carboxylic acids is 1. The molecule has 4 rings (SSSR count). The first-order valence-electron chi connectivity index (χ1n) is 10.8. The highest BCUT2D eigenvalue weighted by Crippen LogP contribution is 2.27. The molecule has 2 aromatic carbocycles. The molecule has 2 unspecified atom stereocenters. The van der Waals surface area contributed by atoms with E-state index in [0.717, 1.165) is 45.5 Å². The molecule has 0 aromatic heterocycles. The van der Waals surface area contributed by atoms with Crippen LogP contribution in [-0.2, 0) is 20.7 Å². The summed E-state index contributed by atoms with van der Waals surface area (Å²) in [5.41, 5.74) is 1.22. The minimum atomic E-state index is -0.146. The van der Waals surface area contributed by atoms with Crippen LogP contribution >= 0.6 is 0 Å². The van der Waals surface area contributed by atoms with Gasteiger partial charge in [0.15, 0.2) is 0 Å². The van der Waals surface area contributed by atoms with Gasteiger partial charge >= 0.3 is 5.97 Å². The van der Waals surface area contributed by atoms with Crippen LogP contribution in [0.2, 0.25) is 0 Å². The summed E-state index contributed by atoms with van der Waals surface area (Å²) in [6, 6.07) is 14.7. The quantitative estimate of drug-likeness (QED) is 0.642. The minimum absolute atomic E-state index is 0.0670. The van der Waals surface area contributed by atoms with E-state index in [4.69, 9.17) is 9.47 Å². The third-order valence-corrected chi connectivity index (χ3v) is 6.10. The fourth-order valence-electron chi connectivity index (χ4n) is 4.55. The summed E-state index contributed by atoms with van der Waals surface area (Å²) in [6.45, 7) is 4.43. The second-order valence-electron chi connectivity index (χ2n) is 8.13. The summed E-state index contributed by atoms with van der Waals surface area (Å²) in [6.07, 6.45) is 6.32. The van der Waals surface area contributed by atoms with E-state index in [0.29, 0.717) is 13.0 Å². The first kappa shape index (κ1) is 19.4. The van der Waals surface area contributed by atoms with Gasteiger partial charge in [0.05, 0.1) is 12.0 Å². The van der Waals surface area contributed by atoms with E-state index >= 15 is 0 Å². The van der Waals surface area contributed by atoms with E-state index in [2.05, 4.69) is 47.4 Å². The van der Waals surface area contributed by atoms with Gasteiger partial charge in [0.1, 0.15) is 6.61 Å². The van der Waals surface area contributed by atoms with E-state index in [1.807, 2.05) is 0 Å². The Morgan fingerprint density at radius 2 is 1.93 bits per heavy atom. The summed E-state index contributed by atoms with van der Waals surface area (Å²) in [4.78, 5) is 15.3. The van der Waals surface area contributed by atoms with Gasteiger partial charge in [-0.05, 0) is 68.0 Å². The molecule has 2 aromatic rings. The maximum Gasteiger partial charge on any atom is 0.309 e. The van der Waals surface area contributed by atoms with E-state index in [9.17, 15) is 4.79 Å². The number of esters is 1. The predicted octanol–water partition coefficient (Wildman–Crippen LogP) is 4.21. The molecule has 0 radical (unpaired) electrons. The number of likely N-dealkylation sites (tertiary alicyclic amines) is 1. The highest BCUT2D eigenvalue weighted by Gasteiger charge is 2.28. The smallest absolute Gasteiger partial charge is 0.309 e. The number of rotatable bonds is 8. The van der Waals surface area contributed by atoms with Gasteiger partial charge < -0.3 is 9.47 Å². The number of ether oxygens (including phenoxy) is 2. The average Bonchev–Trinajstić information content (AvgIpc) is 3.42. The van der Waals surface area contributed by atoms with Crippen LogP contribution in [0.15, 0.2) is 42.5 Å². The standard InChI is InChI=1S/C24H31NO3/c26-24(28-16-14-25-12-3-4-13-25)21(18-22-10-6-15-27-22)17-20-9-5-8-19-7-1-2-11-23(19)20/h1-2,5,7-9,11,21-22H,3-4,6,10,12-18H2. The van der Waals surface area contributed by atoms with Crippen LogP contribution in [0, 0.1) is 5.92 Å². The zero-order valence-electron chi connectivity index (χ0n) is 16.6. The van der Waals surface area contributed by atoms with Gasteiger partial charge in [-0.3, -0.25) is 9.69 Å². The molecule has 0 aliphatic carbocycles. The number of nitrogens with zero attached hydrogens (tertiary/aromatic N) is 1. The Kier molecular flexibility index (Phi) is 6.61. The van der Waals surface area contributed by atoms with Crippen LogP contribution in [0.25, 0.3) is 10.8 Å². The zero-order valence-corrected chi connectivity index (χ0v) is 16.6. The molecule has 2 saturated heterocycles. The summed E-state index contributed by atoms with van der Waals surface area (Å²) in [7, 11) is 0. The van der Waals surface area contributed by atoms with Crippen molar-refractivity contribution >= 4 is 16.7 Å². The van der Waals surface area contributed by atoms with Crippen LogP contribution in [0.5, 0.6) is 0 Å². The Bertz CT molecular complexity index is 773. The topological polar surface area (TPSA) is 38.8 Å². The van der Waals surface area contributed by atoms with E-state index in [1.54, 1.807) is 0 Å². The lowest BCUT2D eigenvalue weighted by molar-refractivity contribution is -0.150. The van der Waals surface area contributed by atoms with Crippen molar-refractivity contribution in [3.05, 3.63) is 48.0 Å². The normalized spacial score (nSPS) is 21.2. The van der Waals surface area contributed by atoms with Gasteiger partial charge in [0.2, 0.25) is 0 Å². The van der Waals surface area contributed by atoms with Gasteiger partial charge in [-0.15, -0.1) is 0 Å². The maximum atomic E-state index is 12.9. The molecular formula is C24H31NO3. The second kappa shape index (κ2) is 9.53. The fourth-order valence-corrected chi connectivity index (χ4v) is 4.55. The zero-order chi connectivity index (χ0) is 19.2. The molecule has 2 aliphatic heterocycles. The number of benzene rings is 2. The van der Waals surface area contributed by atoms with Gasteiger partial charge in [0.25, 0.3) is 0 Å². The van der Waals surface area contributed by atoms with Crippen LogP contribution in [0.3, 0.4) is 0 Å². The van der Waals surface area contributed by atoms with Crippen LogP contribution < -0.4 is 0 Å².